The zero-order chi connectivity index (χ0) is 16.3. The third-order valence-corrected chi connectivity index (χ3v) is 5.17. The molecule has 2 fully saturated rings. The Morgan fingerprint density at radius 2 is 2.30 bits per heavy atom. The molecule has 0 saturated carbocycles. The fourth-order valence-electron chi connectivity index (χ4n) is 3.43. The molecule has 2 aliphatic heterocycles. The van der Waals surface area contributed by atoms with Crippen LogP contribution in [0.2, 0.25) is 0 Å². The summed E-state index contributed by atoms with van der Waals surface area (Å²) in [5, 5.41) is 12.1. The van der Waals surface area contributed by atoms with Gasteiger partial charge >= 0.3 is 6.03 Å². The van der Waals surface area contributed by atoms with Gasteiger partial charge in [0.15, 0.2) is 0 Å². The standard InChI is InChI=1S/C15H25N5O2S/c1-12(2)17-13(21)19-5-3-4-15(8-19)9-20(6-7-22-10-15)14-18-16-11-23-14/h11-12H,3-10H2,1-2H3,(H,17,21)/t15-/m0/s1. The lowest BCUT2D eigenvalue weighted by Gasteiger charge is -2.43. The first-order valence-electron chi connectivity index (χ1n) is 8.22. The quantitative estimate of drug-likeness (QED) is 0.886. The van der Waals surface area contributed by atoms with E-state index in [2.05, 4.69) is 20.4 Å². The summed E-state index contributed by atoms with van der Waals surface area (Å²) in [6, 6.07) is 0.189. The van der Waals surface area contributed by atoms with Crippen LogP contribution in [-0.4, -0.2) is 66.6 Å². The van der Waals surface area contributed by atoms with Crippen LogP contribution in [0.25, 0.3) is 0 Å². The summed E-state index contributed by atoms with van der Waals surface area (Å²) >= 11 is 1.56. The van der Waals surface area contributed by atoms with Gasteiger partial charge in [0.25, 0.3) is 0 Å². The maximum Gasteiger partial charge on any atom is 0.317 e. The van der Waals surface area contributed by atoms with Crippen LogP contribution in [0, 0.1) is 5.41 Å². The van der Waals surface area contributed by atoms with Crippen LogP contribution in [0.15, 0.2) is 5.51 Å². The normalized spacial score (nSPS) is 25.7. The van der Waals surface area contributed by atoms with Crippen molar-refractivity contribution in [3.8, 4) is 0 Å². The molecule has 0 bridgehead atoms. The molecule has 0 radical (unpaired) electrons. The summed E-state index contributed by atoms with van der Waals surface area (Å²) in [7, 11) is 0. The van der Waals surface area contributed by atoms with Gasteiger partial charge in [-0.3, -0.25) is 0 Å². The fourth-order valence-corrected chi connectivity index (χ4v) is 4.02. The van der Waals surface area contributed by atoms with E-state index >= 15 is 0 Å². The minimum absolute atomic E-state index is 0.0191. The number of nitrogens with one attached hydrogen (secondary N) is 1. The van der Waals surface area contributed by atoms with E-state index in [9.17, 15) is 4.79 Å². The molecular formula is C15H25N5O2S. The maximum absolute atomic E-state index is 12.4. The van der Waals surface area contributed by atoms with Gasteiger partial charge in [-0.05, 0) is 26.7 Å². The van der Waals surface area contributed by atoms with Crippen molar-refractivity contribution in [2.45, 2.75) is 32.7 Å². The minimum Gasteiger partial charge on any atom is -0.379 e. The average Bonchev–Trinajstić information content (AvgIpc) is 2.97. The molecule has 3 rings (SSSR count). The SMILES string of the molecule is CC(C)NC(=O)N1CCC[C@]2(COCCN(c3nncs3)C2)C1. The lowest BCUT2D eigenvalue weighted by Crippen LogP contribution is -2.55. The summed E-state index contributed by atoms with van der Waals surface area (Å²) in [6.45, 7) is 8.63. The first-order valence-corrected chi connectivity index (χ1v) is 9.10. The van der Waals surface area contributed by atoms with Crippen molar-refractivity contribution in [1.29, 1.82) is 0 Å². The lowest BCUT2D eigenvalue weighted by molar-refractivity contribution is 0.0242. The van der Waals surface area contributed by atoms with Crippen LogP contribution >= 0.6 is 11.3 Å². The number of carbonyl (C=O) groups is 1. The summed E-state index contributed by atoms with van der Waals surface area (Å²) in [5.74, 6) is 0. The maximum atomic E-state index is 12.4. The molecule has 128 valence electrons. The first kappa shape index (κ1) is 16.4. The molecule has 23 heavy (non-hydrogen) atoms. The average molecular weight is 339 g/mol. The highest BCUT2D eigenvalue weighted by molar-refractivity contribution is 7.13. The highest BCUT2D eigenvalue weighted by atomic mass is 32.1. The van der Waals surface area contributed by atoms with Crippen LogP contribution in [0.1, 0.15) is 26.7 Å². The Morgan fingerprint density at radius 1 is 1.43 bits per heavy atom. The van der Waals surface area contributed by atoms with Crippen molar-refractivity contribution in [3.05, 3.63) is 5.51 Å². The highest BCUT2D eigenvalue weighted by Gasteiger charge is 2.40. The van der Waals surface area contributed by atoms with E-state index < -0.39 is 0 Å². The number of aromatic nitrogens is 2. The topological polar surface area (TPSA) is 70.6 Å². The largest absolute Gasteiger partial charge is 0.379 e. The van der Waals surface area contributed by atoms with Gasteiger partial charge in [-0.15, -0.1) is 10.2 Å². The predicted octanol–water partition coefficient (Wildman–Crippen LogP) is 1.57. The van der Waals surface area contributed by atoms with E-state index in [1.54, 1.807) is 16.8 Å². The molecule has 2 saturated heterocycles. The van der Waals surface area contributed by atoms with E-state index in [4.69, 9.17) is 4.74 Å². The van der Waals surface area contributed by atoms with E-state index in [-0.39, 0.29) is 17.5 Å². The Hall–Kier alpha value is -1.41. The first-order chi connectivity index (χ1) is 11.1. The van der Waals surface area contributed by atoms with Gasteiger partial charge in [-0.2, -0.15) is 0 Å². The molecule has 0 unspecified atom stereocenters. The molecule has 0 aliphatic carbocycles. The van der Waals surface area contributed by atoms with Gasteiger partial charge in [-0.25, -0.2) is 4.79 Å². The molecule has 0 aromatic carbocycles. The number of hydrogen-bond acceptors (Lipinski definition) is 6. The van der Waals surface area contributed by atoms with Crippen molar-refractivity contribution in [3.63, 3.8) is 0 Å². The van der Waals surface area contributed by atoms with E-state index in [1.807, 2.05) is 18.7 Å². The molecule has 2 amide bonds. The van der Waals surface area contributed by atoms with Gasteiger partial charge < -0.3 is 19.9 Å². The second kappa shape index (κ2) is 7.00. The molecule has 1 spiro atoms. The van der Waals surface area contributed by atoms with Crippen molar-refractivity contribution in [2.75, 3.05) is 44.3 Å². The lowest BCUT2D eigenvalue weighted by atomic mass is 9.80. The third kappa shape index (κ3) is 3.92. The number of nitrogens with zero attached hydrogens (tertiary/aromatic N) is 4. The van der Waals surface area contributed by atoms with Crippen molar-refractivity contribution in [1.82, 2.24) is 20.4 Å². The van der Waals surface area contributed by atoms with Gasteiger partial charge in [-0.1, -0.05) is 11.3 Å². The van der Waals surface area contributed by atoms with E-state index in [0.717, 1.165) is 44.2 Å². The number of urea groups is 1. The molecule has 1 atom stereocenters. The molecule has 1 aromatic rings. The Kier molecular flexibility index (Phi) is 5.01. The summed E-state index contributed by atoms with van der Waals surface area (Å²) in [5.41, 5.74) is 1.74. The number of likely N-dealkylation sites (tertiary alicyclic amines) is 1. The third-order valence-electron chi connectivity index (χ3n) is 4.42. The van der Waals surface area contributed by atoms with Crippen LogP contribution in [0.5, 0.6) is 0 Å². The zero-order valence-corrected chi connectivity index (χ0v) is 14.6. The van der Waals surface area contributed by atoms with Gasteiger partial charge in [0.05, 0.1) is 13.2 Å². The van der Waals surface area contributed by atoms with Gasteiger partial charge in [0, 0.05) is 37.6 Å². The summed E-state index contributed by atoms with van der Waals surface area (Å²) in [6.07, 6.45) is 2.09. The molecular weight excluding hydrogens is 314 g/mol. The van der Waals surface area contributed by atoms with Gasteiger partial charge in [0.2, 0.25) is 5.13 Å². The monoisotopic (exact) mass is 339 g/mol. The van der Waals surface area contributed by atoms with Crippen LogP contribution < -0.4 is 10.2 Å². The minimum atomic E-state index is -0.0191. The number of carbonyl (C=O) groups excluding carboxylic acids is 1. The number of piperidine rings is 1. The summed E-state index contributed by atoms with van der Waals surface area (Å²) in [4.78, 5) is 16.6. The van der Waals surface area contributed by atoms with Crippen LogP contribution in [0.4, 0.5) is 9.93 Å². The molecule has 1 aromatic heterocycles. The number of ether oxygens (including phenoxy) is 1. The van der Waals surface area contributed by atoms with E-state index in [0.29, 0.717) is 13.2 Å². The van der Waals surface area contributed by atoms with Crippen molar-refractivity contribution < 1.29 is 9.53 Å². The predicted molar refractivity (Wildman–Crippen MR) is 89.8 cm³/mol. The Morgan fingerprint density at radius 3 is 3.04 bits per heavy atom. The number of amides is 2. The number of anilines is 1. The van der Waals surface area contributed by atoms with Crippen molar-refractivity contribution >= 4 is 22.5 Å². The van der Waals surface area contributed by atoms with Crippen LogP contribution in [0.3, 0.4) is 0 Å². The number of hydrogen-bond donors (Lipinski definition) is 1. The molecule has 1 N–H and O–H groups in total. The Balaban J connectivity index is 1.72. The molecule has 3 heterocycles. The van der Waals surface area contributed by atoms with E-state index in [1.165, 1.54) is 0 Å². The molecule has 2 aliphatic rings. The zero-order valence-electron chi connectivity index (χ0n) is 13.8. The summed E-state index contributed by atoms with van der Waals surface area (Å²) < 4.78 is 5.88. The van der Waals surface area contributed by atoms with Crippen molar-refractivity contribution in [2.24, 2.45) is 5.41 Å². The Labute approximate surface area is 141 Å². The fraction of sp³-hybridized carbons (Fsp3) is 0.800. The number of rotatable bonds is 2. The Bertz CT molecular complexity index is 524. The second-order valence-corrected chi connectivity index (χ2v) is 7.64. The highest BCUT2D eigenvalue weighted by Crippen LogP contribution is 2.34. The van der Waals surface area contributed by atoms with Crippen LogP contribution in [-0.2, 0) is 4.74 Å². The smallest absolute Gasteiger partial charge is 0.317 e. The molecule has 8 heteroatoms. The van der Waals surface area contributed by atoms with Gasteiger partial charge in [0.1, 0.15) is 5.51 Å². The molecule has 7 nitrogen and oxygen atoms in total. The second-order valence-electron chi connectivity index (χ2n) is 6.82.